The number of nitrogens with one attached hydrogen (secondary N) is 2. The zero-order chi connectivity index (χ0) is 17.4. The smallest absolute Gasteiger partial charge is 0.221 e. The van der Waals surface area contributed by atoms with Crippen LogP contribution in [0.1, 0.15) is 38.7 Å². The first-order valence-corrected chi connectivity index (χ1v) is 8.75. The molecule has 1 aromatic carbocycles. The highest BCUT2D eigenvalue weighted by atomic mass is 35.5. The molecule has 0 aromatic heterocycles. The van der Waals surface area contributed by atoms with Crippen LogP contribution in [0.15, 0.2) is 30.3 Å². The summed E-state index contributed by atoms with van der Waals surface area (Å²) in [4.78, 5) is 25.7. The predicted octanol–water partition coefficient (Wildman–Crippen LogP) is 2.35. The van der Waals surface area contributed by atoms with Crippen LogP contribution in [-0.4, -0.2) is 42.9 Å². The van der Waals surface area contributed by atoms with Crippen molar-refractivity contribution in [3.63, 3.8) is 0 Å². The second-order valence-corrected chi connectivity index (χ2v) is 7.01. The van der Waals surface area contributed by atoms with Crippen molar-refractivity contribution in [1.82, 2.24) is 15.5 Å². The molecule has 0 radical (unpaired) electrons. The number of benzene rings is 1. The van der Waals surface area contributed by atoms with E-state index in [1.165, 1.54) is 0 Å². The lowest BCUT2D eigenvalue weighted by Crippen LogP contribution is -2.43. The molecule has 1 aliphatic rings. The van der Waals surface area contributed by atoms with Crippen LogP contribution in [0.3, 0.4) is 0 Å². The van der Waals surface area contributed by atoms with E-state index >= 15 is 0 Å². The molecular formula is C19H30ClN3O2. The lowest BCUT2D eigenvalue weighted by molar-refractivity contribution is -0.130. The molecule has 5 nitrogen and oxygen atoms in total. The molecule has 0 aliphatic carbocycles. The molecule has 2 N–H and O–H groups in total. The van der Waals surface area contributed by atoms with Gasteiger partial charge in [-0.05, 0) is 36.9 Å². The molecule has 2 rings (SSSR count). The fourth-order valence-electron chi connectivity index (χ4n) is 3.00. The molecule has 25 heavy (non-hydrogen) atoms. The quantitative estimate of drug-likeness (QED) is 0.777. The first-order valence-electron chi connectivity index (χ1n) is 8.75. The van der Waals surface area contributed by atoms with E-state index in [-0.39, 0.29) is 29.6 Å². The second kappa shape index (κ2) is 10.4. The van der Waals surface area contributed by atoms with E-state index in [1.54, 1.807) is 11.8 Å². The van der Waals surface area contributed by atoms with Gasteiger partial charge in [-0.1, -0.05) is 37.3 Å². The molecule has 1 aromatic rings. The van der Waals surface area contributed by atoms with Crippen molar-refractivity contribution in [3.05, 3.63) is 35.9 Å². The molecule has 6 heteroatoms. The van der Waals surface area contributed by atoms with Crippen LogP contribution >= 0.6 is 12.4 Å². The third-order valence-electron chi connectivity index (χ3n) is 4.79. The Morgan fingerprint density at radius 3 is 2.44 bits per heavy atom. The maximum absolute atomic E-state index is 12.1. The SMILES string of the molecule is CC(=O)N(CCC(=O)NCC1(C)CCNCC1)Cc1ccccc1.Cl. The molecule has 140 valence electrons. The molecule has 1 aliphatic heterocycles. The Morgan fingerprint density at radius 2 is 1.84 bits per heavy atom. The molecule has 1 fully saturated rings. The Hall–Kier alpha value is -1.59. The Balaban J connectivity index is 0.00000312. The number of piperidine rings is 1. The van der Waals surface area contributed by atoms with Crippen LogP contribution in [0.4, 0.5) is 0 Å². The summed E-state index contributed by atoms with van der Waals surface area (Å²) in [5.74, 6) is 0.0195. The van der Waals surface area contributed by atoms with Gasteiger partial charge in [0.25, 0.3) is 0 Å². The van der Waals surface area contributed by atoms with Crippen molar-refractivity contribution in [2.24, 2.45) is 5.41 Å². The first kappa shape index (κ1) is 21.5. The summed E-state index contributed by atoms with van der Waals surface area (Å²) >= 11 is 0. The van der Waals surface area contributed by atoms with Gasteiger partial charge >= 0.3 is 0 Å². The van der Waals surface area contributed by atoms with Crippen LogP contribution in [0, 0.1) is 5.41 Å². The van der Waals surface area contributed by atoms with Gasteiger partial charge in [-0.25, -0.2) is 0 Å². The molecular weight excluding hydrogens is 338 g/mol. The third-order valence-corrected chi connectivity index (χ3v) is 4.79. The van der Waals surface area contributed by atoms with Crippen LogP contribution in [0.5, 0.6) is 0 Å². The Labute approximate surface area is 157 Å². The summed E-state index contributed by atoms with van der Waals surface area (Å²) in [5, 5.41) is 6.39. The van der Waals surface area contributed by atoms with Gasteiger partial charge in [0.15, 0.2) is 0 Å². The van der Waals surface area contributed by atoms with E-state index in [2.05, 4.69) is 17.6 Å². The van der Waals surface area contributed by atoms with E-state index in [9.17, 15) is 9.59 Å². The average molecular weight is 368 g/mol. The van der Waals surface area contributed by atoms with E-state index in [0.717, 1.165) is 31.5 Å². The van der Waals surface area contributed by atoms with Gasteiger partial charge < -0.3 is 15.5 Å². The van der Waals surface area contributed by atoms with Crippen LogP contribution in [-0.2, 0) is 16.1 Å². The minimum absolute atomic E-state index is 0. The highest BCUT2D eigenvalue weighted by Gasteiger charge is 2.27. The largest absolute Gasteiger partial charge is 0.355 e. The number of carbonyl (C=O) groups is 2. The zero-order valence-corrected chi connectivity index (χ0v) is 16.0. The summed E-state index contributed by atoms with van der Waals surface area (Å²) in [6, 6.07) is 9.86. The lowest BCUT2D eigenvalue weighted by atomic mass is 9.81. The topological polar surface area (TPSA) is 61.4 Å². The summed E-state index contributed by atoms with van der Waals surface area (Å²) in [6.07, 6.45) is 2.52. The first-order chi connectivity index (χ1) is 11.5. The molecule has 0 bridgehead atoms. The van der Waals surface area contributed by atoms with Crippen molar-refractivity contribution in [2.45, 2.75) is 39.7 Å². The van der Waals surface area contributed by atoms with E-state index in [4.69, 9.17) is 0 Å². The zero-order valence-electron chi connectivity index (χ0n) is 15.2. The molecule has 2 amide bonds. The third kappa shape index (κ3) is 7.45. The number of rotatable bonds is 7. The van der Waals surface area contributed by atoms with E-state index < -0.39 is 0 Å². The van der Waals surface area contributed by atoms with Crippen LogP contribution < -0.4 is 10.6 Å². The Morgan fingerprint density at radius 1 is 1.20 bits per heavy atom. The predicted molar refractivity (Wildman–Crippen MR) is 103 cm³/mol. The van der Waals surface area contributed by atoms with Crippen molar-refractivity contribution in [3.8, 4) is 0 Å². The minimum Gasteiger partial charge on any atom is -0.355 e. The number of hydrogen-bond donors (Lipinski definition) is 2. The van der Waals surface area contributed by atoms with Gasteiger partial charge in [0.1, 0.15) is 0 Å². The van der Waals surface area contributed by atoms with Gasteiger partial charge in [0.05, 0.1) is 0 Å². The highest BCUT2D eigenvalue weighted by Crippen LogP contribution is 2.26. The molecule has 0 atom stereocenters. The van der Waals surface area contributed by atoms with E-state index in [0.29, 0.717) is 26.1 Å². The number of halogens is 1. The van der Waals surface area contributed by atoms with Crippen molar-refractivity contribution < 1.29 is 9.59 Å². The molecule has 0 spiro atoms. The van der Waals surface area contributed by atoms with Gasteiger partial charge in [0, 0.05) is 33.0 Å². The van der Waals surface area contributed by atoms with Crippen molar-refractivity contribution in [1.29, 1.82) is 0 Å². The van der Waals surface area contributed by atoms with Crippen molar-refractivity contribution in [2.75, 3.05) is 26.2 Å². The normalized spacial score (nSPS) is 15.8. The summed E-state index contributed by atoms with van der Waals surface area (Å²) in [5.41, 5.74) is 1.26. The molecule has 1 saturated heterocycles. The summed E-state index contributed by atoms with van der Waals surface area (Å²) in [6.45, 7) is 7.53. The Kier molecular flexibility index (Phi) is 8.93. The minimum atomic E-state index is -0.00281. The molecule has 0 unspecified atom stereocenters. The van der Waals surface area contributed by atoms with Gasteiger partial charge in [-0.3, -0.25) is 9.59 Å². The maximum Gasteiger partial charge on any atom is 0.221 e. The van der Waals surface area contributed by atoms with E-state index in [1.807, 2.05) is 30.3 Å². The number of carbonyl (C=O) groups excluding carboxylic acids is 2. The number of nitrogens with zero attached hydrogens (tertiary/aromatic N) is 1. The van der Waals surface area contributed by atoms with Crippen molar-refractivity contribution >= 4 is 24.2 Å². The molecule has 0 saturated carbocycles. The Bertz CT molecular complexity index is 545. The van der Waals surface area contributed by atoms with Crippen LogP contribution in [0.2, 0.25) is 0 Å². The number of amides is 2. The van der Waals surface area contributed by atoms with Crippen LogP contribution in [0.25, 0.3) is 0 Å². The standard InChI is InChI=1S/C19H29N3O2.ClH/c1-16(23)22(14-17-6-4-3-5-7-17)13-8-18(24)21-15-19(2)9-11-20-12-10-19;/h3-7,20H,8-15H2,1-2H3,(H,21,24);1H. The maximum atomic E-state index is 12.1. The fraction of sp³-hybridized carbons (Fsp3) is 0.579. The van der Waals surface area contributed by atoms with Gasteiger partial charge in [-0.2, -0.15) is 0 Å². The monoisotopic (exact) mass is 367 g/mol. The highest BCUT2D eigenvalue weighted by molar-refractivity contribution is 5.85. The second-order valence-electron chi connectivity index (χ2n) is 7.01. The average Bonchev–Trinajstić information content (AvgIpc) is 2.58. The fourth-order valence-corrected chi connectivity index (χ4v) is 3.00. The summed E-state index contributed by atoms with van der Waals surface area (Å²) < 4.78 is 0. The molecule has 1 heterocycles. The summed E-state index contributed by atoms with van der Waals surface area (Å²) in [7, 11) is 0. The van der Waals surface area contributed by atoms with Gasteiger partial charge in [-0.15, -0.1) is 12.4 Å². The number of hydrogen-bond acceptors (Lipinski definition) is 3. The lowest BCUT2D eigenvalue weighted by Gasteiger charge is -2.34. The van der Waals surface area contributed by atoms with Gasteiger partial charge in [0.2, 0.25) is 11.8 Å².